The Morgan fingerprint density at radius 1 is 1.17 bits per heavy atom. The van der Waals surface area contributed by atoms with Crippen LogP contribution >= 0.6 is 23.4 Å². The van der Waals surface area contributed by atoms with E-state index >= 15 is 0 Å². The van der Waals surface area contributed by atoms with Crippen molar-refractivity contribution >= 4 is 40.9 Å². The minimum Gasteiger partial charge on any atom is -0.497 e. The van der Waals surface area contributed by atoms with Crippen LogP contribution in [0.25, 0.3) is 0 Å². The summed E-state index contributed by atoms with van der Waals surface area (Å²) in [5.41, 5.74) is 0.976. The molecule has 3 rings (SSSR count). The molecule has 3 aromatic rings. The topological polar surface area (TPSA) is 107 Å². The Labute approximate surface area is 212 Å². The lowest BCUT2D eigenvalue weighted by Gasteiger charge is -2.15. The number of benzene rings is 2. The highest BCUT2D eigenvalue weighted by Gasteiger charge is 2.21. The fourth-order valence-electron chi connectivity index (χ4n) is 3.21. The molecule has 1 aromatic heterocycles. The van der Waals surface area contributed by atoms with Gasteiger partial charge in [0.2, 0.25) is 5.91 Å². The van der Waals surface area contributed by atoms with Gasteiger partial charge in [-0.25, -0.2) is 0 Å². The number of halogens is 1. The number of anilines is 1. The van der Waals surface area contributed by atoms with Gasteiger partial charge in [0.15, 0.2) is 11.0 Å². The number of carbonyl (C=O) groups excluding carboxylic acids is 2. The fraction of sp³-hybridized carbons (Fsp3) is 0.250. The van der Waals surface area contributed by atoms with Crippen LogP contribution in [-0.4, -0.2) is 46.6 Å². The fourth-order valence-corrected chi connectivity index (χ4v) is 4.14. The van der Waals surface area contributed by atoms with Gasteiger partial charge in [-0.3, -0.25) is 9.59 Å². The van der Waals surface area contributed by atoms with Crippen LogP contribution in [-0.2, 0) is 11.3 Å². The van der Waals surface area contributed by atoms with Crippen molar-refractivity contribution in [3.05, 3.63) is 71.5 Å². The monoisotopic (exact) mass is 515 g/mol. The van der Waals surface area contributed by atoms with Gasteiger partial charge in [0.25, 0.3) is 5.91 Å². The Kier molecular flexibility index (Phi) is 9.16. The SMILES string of the molecule is C=CCn1c(SCC(=O)Nc2cc(Cl)ccc2OC)nnc1C(C)NC(=O)c1ccc(OC)cc1. The van der Waals surface area contributed by atoms with Gasteiger partial charge in [-0.1, -0.05) is 29.4 Å². The maximum absolute atomic E-state index is 12.7. The van der Waals surface area contributed by atoms with Gasteiger partial charge in [-0.05, 0) is 49.4 Å². The van der Waals surface area contributed by atoms with Crippen molar-refractivity contribution in [3.8, 4) is 11.5 Å². The first-order valence-electron chi connectivity index (χ1n) is 10.6. The van der Waals surface area contributed by atoms with Crippen molar-refractivity contribution in [2.75, 3.05) is 25.3 Å². The molecule has 0 bridgehead atoms. The molecule has 0 spiro atoms. The predicted octanol–water partition coefficient (Wildman–Crippen LogP) is 4.36. The number of nitrogens with zero attached hydrogens (tertiary/aromatic N) is 3. The van der Waals surface area contributed by atoms with E-state index in [-0.39, 0.29) is 17.6 Å². The van der Waals surface area contributed by atoms with Gasteiger partial charge in [0.05, 0.1) is 31.7 Å². The smallest absolute Gasteiger partial charge is 0.251 e. The van der Waals surface area contributed by atoms with E-state index in [9.17, 15) is 9.59 Å². The van der Waals surface area contributed by atoms with Crippen LogP contribution in [0.4, 0.5) is 5.69 Å². The summed E-state index contributed by atoms with van der Waals surface area (Å²) in [5, 5.41) is 15.2. The Morgan fingerprint density at radius 3 is 2.57 bits per heavy atom. The zero-order chi connectivity index (χ0) is 25.4. The second-order valence-electron chi connectivity index (χ2n) is 7.35. The lowest BCUT2D eigenvalue weighted by Crippen LogP contribution is -2.28. The third kappa shape index (κ3) is 6.77. The van der Waals surface area contributed by atoms with E-state index in [2.05, 4.69) is 27.4 Å². The molecule has 2 N–H and O–H groups in total. The second kappa shape index (κ2) is 12.3. The Morgan fingerprint density at radius 2 is 1.91 bits per heavy atom. The Bertz CT molecular complexity index is 1200. The van der Waals surface area contributed by atoms with Gasteiger partial charge in [0, 0.05) is 17.1 Å². The number of nitrogens with one attached hydrogen (secondary N) is 2. The molecule has 9 nitrogen and oxygen atoms in total. The summed E-state index contributed by atoms with van der Waals surface area (Å²) >= 11 is 7.25. The van der Waals surface area contributed by atoms with Crippen LogP contribution in [0.5, 0.6) is 11.5 Å². The number of aromatic nitrogens is 3. The van der Waals surface area contributed by atoms with Crippen molar-refractivity contribution in [1.82, 2.24) is 20.1 Å². The number of rotatable bonds is 11. The van der Waals surface area contributed by atoms with Crippen LogP contribution in [0.3, 0.4) is 0 Å². The molecule has 1 unspecified atom stereocenters. The molecule has 0 saturated carbocycles. The summed E-state index contributed by atoms with van der Waals surface area (Å²) in [6, 6.07) is 11.4. The van der Waals surface area contributed by atoms with Crippen molar-refractivity contribution in [1.29, 1.82) is 0 Å². The summed E-state index contributed by atoms with van der Waals surface area (Å²) in [5.74, 6) is 1.29. The zero-order valence-electron chi connectivity index (χ0n) is 19.6. The molecule has 184 valence electrons. The molecule has 2 aromatic carbocycles. The minimum atomic E-state index is -0.434. The van der Waals surface area contributed by atoms with E-state index in [1.54, 1.807) is 55.7 Å². The average Bonchev–Trinajstić information content (AvgIpc) is 3.25. The normalized spacial score (nSPS) is 11.4. The highest BCUT2D eigenvalue weighted by atomic mass is 35.5. The van der Waals surface area contributed by atoms with E-state index < -0.39 is 6.04 Å². The van der Waals surface area contributed by atoms with Gasteiger partial charge in [-0.2, -0.15) is 0 Å². The molecule has 0 aliphatic carbocycles. The van der Waals surface area contributed by atoms with E-state index in [4.69, 9.17) is 21.1 Å². The first kappa shape index (κ1) is 26.1. The van der Waals surface area contributed by atoms with E-state index in [0.717, 1.165) is 0 Å². The van der Waals surface area contributed by atoms with Gasteiger partial charge in [-0.15, -0.1) is 16.8 Å². The predicted molar refractivity (Wildman–Crippen MR) is 136 cm³/mol. The van der Waals surface area contributed by atoms with E-state index in [1.807, 2.05) is 11.5 Å². The maximum atomic E-state index is 12.7. The Hall–Kier alpha value is -3.50. The summed E-state index contributed by atoms with van der Waals surface area (Å²) < 4.78 is 12.2. The summed E-state index contributed by atoms with van der Waals surface area (Å²) in [4.78, 5) is 25.2. The van der Waals surface area contributed by atoms with Crippen LogP contribution < -0.4 is 20.1 Å². The lowest BCUT2D eigenvalue weighted by atomic mass is 10.2. The van der Waals surface area contributed by atoms with Gasteiger partial charge < -0.3 is 24.7 Å². The minimum absolute atomic E-state index is 0.0809. The van der Waals surface area contributed by atoms with Crippen LogP contribution in [0.1, 0.15) is 29.1 Å². The number of thioether (sulfide) groups is 1. The largest absolute Gasteiger partial charge is 0.497 e. The summed E-state index contributed by atoms with van der Waals surface area (Å²) in [6.45, 7) is 6.02. The number of methoxy groups -OCH3 is 2. The molecule has 0 saturated heterocycles. The van der Waals surface area contributed by atoms with Crippen molar-refractivity contribution < 1.29 is 19.1 Å². The van der Waals surface area contributed by atoms with E-state index in [0.29, 0.717) is 45.3 Å². The van der Waals surface area contributed by atoms with Crippen LogP contribution in [0, 0.1) is 0 Å². The third-order valence-corrected chi connectivity index (χ3v) is 6.11. The van der Waals surface area contributed by atoms with Crippen LogP contribution in [0.15, 0.2) is 60.3 Å². The molecular weight excluding hydrogens is 490 g/mol. The first-order chi connectivity index (χ1) is 16.9. The highest BCUT2D eigenvalue weighted by molar-refractivity contribution is 7.99. The number of hydrogen-bond donors (Lipinski definition) is 2. The summed E-state index contributed by atoms with van der Waals surface area (Å²) in [7, 11) is 3.08. The molecule has 35 heavy (non-hydrogen) atoms. The molecule has 2 amide bonds. The number of carbonyl (C=O) groups is 2. The number of ether oxygens (including phenoxy) is 2. The standard InChI is InChI=1S/C24H26ClN5O4S/c1-5-12-30-22(15(2)26-23(32)16-6-9-18(33-3)10-7-16)28-29-24(30)35-14-21(31)27-19-13-17(25)8-11-20(19)34-4/h5-11,13,15H,1,12,14H2,2-4H3,(H,26,32)(H,27,31). The zero-order valence-corrected chi connectivity index (χ0v) is 21.2. The molecule has 0 radical (unpaired) electrons. The molecular formula is C24H26ClN5O4S. The van der Waals surface area contributed by atoms with Gasteiger partial charge >= 0.3 is 0 Å². The van der Waals surface area contributed by atoms with Crippen LogP contribution in [0.2, 0.25) is 5.02 Å². The molecule has 1 atom stereocenters. The first-order valence-corrected chi connectivity index (χ1v) is 12.0. The number of amides is 2. The molecule has 0 aliphatic heterocycles. The molecule has 1 heterocycles. The average molecular weight is 516 g/mol. The van der Waals surface area contributed by atoms with Crippen molar-refractivity contribution in [3.63, 3.8) is 0 Å². The van der Waals surface area contributed by atoms with Crippen molar-refractivity contribution in [2.24, 2.45) is 0 Å². The molecule has 11 heteroatoms. The highest BCUT2D eigenvalue weighted by Crippen LogP contribution is 2.28. The maximum Gasteiger partial charge on any atom is 0.251 e. The number of allylic oxidation sites excluding steroid dienone is 1. The lowest BCUT2D eigenvalue weighted by molar-refractivity contribution is -0.113. The second-order valence-corrected chi connectivity index (χ2v) is 8.72. The molecule has 0 fully saturated rings. The van der Waals surface area contributed by atoms with Gasteiger partial charge in [0.1, 0.15) is 11.5 Å². The Balaban J connectivity index is 1.67. The third-order valence-electron chi connectivity index (χ3n) is 4.91. The molecule has 0 aliphatic rings. The summed E-state index contributed by atoms with van der Waals surface area (Å²) in [6.07, 6.45) is 1.70. The number of hydrogen-bond acceptors (Lipinski definition) is 7. The van der Waals surface area contributed by atoms with E-state index in [1.165, 1.54) is 18.9 Å². The van der Waals surface area contributed by atoms with Crippen molar-refractivity contribution in [2.45, 2.75) is 24.7 Å². The quantitative estimate of drug-likeness (QED) is 0.288.